The first kappa shape index (κ1) is 13.3. The maximum absolute atomic E-state index is 12.4. The molecule has 1 aliphatic heterocycles. The molecule has 0 bridgehead atoms. The largest absolute Gasteiger partial charge is 0.508 e. The fraction of sp³-hybridized carbons (Fsp3) is 0.500. The van der Waals surface area contributed by atoms with Gasteiger partial charge in [0.05, 0.1) is 0 Å². The van der Waals surface area contributed by atoms with Crippen LogP contribution in [0.15, 0.2) is 18.2 Å². The molecule has 1 atom stereocenters. The summed E-state index contributed by atoms with van der Waals surface area (Å²) in [5.74, 6) is 1.32. The lowest BCUT2D eigenvalue weighted by molar-refractivity contribution is 0.0760. The van der Waals surface area contributed by atoms with Crippen molar-refractivity contribution < 1.29 is 9.90 Å². The third-order valence-electron chi connectivity index (χ3n) is 3.32. The Kier molecular flexibility index (Phi) is 4.17. The van der Waals surface area contributed by atoms with E-state index in [1.54, 1.807) is 18.2 Å². The summed E-state index contributed by atoms with van der Waals surface area (Å²) >= 11 is 1.95. The highest BCUT2D eigenvalue weighted by Gasteiger charge is 2.24. The average Bonchev–Trinajstić information content (AvgIpc) is 2.38. The lowest BCUT2D eigenvalue weighted by Crippen LogP contribution is -2.41. The molecule has 1 aromatic carbocycles. The van der Waals surface area contributed by atoms with Crippen molar-refractivity contribution in [2.75, 3.05) is 18.8 Å². The predicted molar refractivity (Wildman–Crippen MR) is 75.3 cm³/mol. The van der Waals surface area contributed by atoms with Crippen LogP contribution in [0.5, 0.6) is 5.75 Å². The van der Waals surface area contributed by atoms with Gasteiger partial charge in [-0.25, -0.2) is 0 Å². The predicted octanol–water partition coefficient (Wildman–Crippen LogP) is 2.67. The Bertz CT molecular complexity index is 447. The summed E-state index contributed by atoms with van der Waals surface area (Å²) in [6.07, 6.45) is 1.10. The van der Waals surface area contributed by atoms with Crippen molar-refractivity contribution in [1.29, 1.82) is 0 Å². The number of hydrogen-bond acceptors (Lipinski definition) is 3. The number of nitrogens with zero attached hydrogens (tertiary/aromatic N) is 1. The van der Waals surface area contributed by atoms with E-state index < -0.39 is 0 Å². The molecule has 0 spiro atoms. The van der Waals surface area contributed by atoms with Crippen LogP contribution in [0.3, 0.4) is 0 Å². The Balaban J connectivity index is 2.15. The highest BCUT2D eigenvalue weighted by molar-refractivity contribution is 8.00. The van der Waals surface area contributed by atoms with E-state index >= 15 is 0 Å². The van der Waals surface area contributed by atoms with Gasteiger partial charge in [-0.15, -0.1) is 0 Å². The molecule has 0 radical (unpaired) electrons. The fourth-order valence-electron chi connectivity index (χ4n) is 2.21. The normalized spacial score (nSPS) is 19.9. The standard InChI is InChI=1S/C14H19NO2S/c1-3-12-9-15(6-7-18-12)14(17)13-5-4-11(16)8-10(13)2/h4-5,8,12,16H,3,6-7,9H2,1-2H3. The van der Waals surface area contributed by atoms with Crippen molar-refractivity contribution in [3.05, 3.63) is 29.3 Å². The van der Waals surface area contributed by atoms with Crippen molar-refractivity contribution in [1.82, 2.24) is 4.90 Å². The summed E-state index contributed by atoms with van der Waals surface area (Å²) in [7, 11) is 0. The van der Waals surface area contributed by atoms with Crippen LogP contribution >= 0.6 is 11.8 Å². The first-order valence-electron chi connectivity index (χ1n) is 6.32. The quantitative estimate of drug-likeness (QED) is 0.893. The van der Waals surface area contributed by atoms with Gasteiger partial charge in [-0.1, -0.05) is 6.92 Å². The van der Waals surface area contributed by atoms with Crippen LogP contribution in [0.25, 0.3) is 0 Å². The van der Waals surface area contributed by atoms with Crippen LogP contribution in [0, 0.1) is 6.92 Å². The number of phenols is 1. The van der Waals surface area contributed by atoms with Crippen molar-refractivity contribution in [3.63, 3.8) is 0 Å². The topological polar surface area (TPSA) is 40.5 Å². The number of rotatable bonds is 2. The van der Waals surface area contributed by atoms with Crippen LogP contribution in [-0.4, -0.2) is 40.0 Å². The fourth-order valence-corrected chi connectivity index (χ4v) is 3.39. The molecule has 3 nitrogen and oxygen atoms in total. The van der Waals surface area contributed by atoms with Crippen LogP contribution < -0.4 is 0 Å². The van der Waals surface area contributed by atoms with E-state index in [2.05, 4.69) is 6.92 Å². The molecule has 1 heterocycles. The van der Waals surface area contributed by atoms with Crippen molar-refractivity contribution in [3.8, 4) is 5.75 Å². The summed E-state index contributed by atoms with van der Waals surface area (Å²) in [6.45, 7) is 5.68. The van der Waals surface area contributed by atoms with Gasteiger partial charge in [-0.05, 0) is 37.1 Å². The molecule has 0 aromatic heterocycles. The van der Waals surface area contributed by atoms with E-state index in [9.17, 15) is 9.90 Å². The first-order chi connectivity index (χ1) is 8.61. The van der Waals surface area contributed by atoms with Crippen LogP contribution in [0.4, 0.5) is 0 Å². The van der Waals surface area contributed by atoms with Gasteiger partial charge in [0.15, 0.2) is 0 Å². The zero-order valence-corrected chi connectivity index (χ0v) is 11.7. The molecule has 0 saturated carbocycles. The van der Waals surface area contributed by atoms with Gasteiger partial charge in [-0.2, -0.15) is 11.8 Å². The molecule has 1 fully saturated rings. The van der Waals surface area contributed by atoms with Gasteiger partial charge in [0, 0.05) is 29.7 Å². The van der Waals surface area contributed by atoms with Gasteiger partial charge in [0.2, 0.25) is 0 Å². The Morgan fingerprint density at radius 3 is 3.00 bits per heavy atom. The zero-order valence-electron chi connectivity index (χ0n) is 10.8. The van der Waals surface area contributed by atoms with Crippen LogP contribution in [0.2, 0.25) is 0 Å². The van der Waals surface area contributed by atoms with Crippen molar-refractivity contribution in [2.45, 2.75) is 25.5 Å². The molecular formula is C14H19NO2S. The molecule has 0 aliphatic carbocycles. The Hall–Kier alpha value is -1.16. The Morgan fingerprint density at radius 1 is 1.56 bits per heavy atom. The monoisotopic (exact) mass is 265 g/mol. The maximum Gasteiger partial charge on any atom is 0.254 e. The second-order valence-electron chi connectivity index (χ2n) is 4.65. The number of thioether (sulfide) groups is 1. The molecule has 1 aromatic rings. The third-order valence-corrected chi connectivity index (χ3v) is 4.69. The van der Waals surface area contributed by atoms with Gasteiger partial charge in [0.25, 0.3) is 5.91 Å². The number of carbonyl (C=O) groups is 1. The zero-order chi connectivity index (χ0) is 13.1. The Labute approximate surface area is 112 Å². The molecule has 98 valence electrons. The minimum atomic E-state index is 0.0891. The van der Waals surface area contributed by atoms with E-state index in [1.165, 1.54) is 0 Å². The molecule has 1 aliphatic rings. The lowest BCUT2D eigenvalue weighted by Gasteiger charge is -2.32. The second kappa shape index (κ2) is 5.65. The molecule has 1 unspecified atom stereocenters. The molecule has 1 saturated heterocycles. The molecule has 4 heteroatoms. The average molecular weight is 265 g/mol. The minimum absolute atomic E-state index is 0.0891. The SMILES string of the molecule is CCC1CN(C(=O)c2ccc(O)cc2C)CCS1. The van der Waals surface area contributed by atoms with Crippen molar-refractivity contribution in [2.24, 2.45) is 0 Å². The van der Waals surface area contributed by atoms with Gasteiger partial charge in [0.1, 0.15) is 5.75 Å². The first-order valence-corrected chi connectivity index (χ1v) is 7.37. The summed E-state index contributed by atoms with van der Waals surface area (Å²) in [6, 6.07) is 4.94. The summed E-state index contributed by atoms with van der Waals surface area (Å²) < 4.78 is 0. The van der Waals surface area contributed by atoms with Crippen LogP contribution in [0.1, 0.15) is 29.3 Å². The summed E-state index contributed by atoms with van der Waals surface area (Å²) in [4.78, 5) is 14.4. The van der Waals surface area contributed by atoms with E-state index in [4.69, 9.17) is 0 Å². The smallest absolute Gasteiger partial charge is 0.254 e. The van der Waals surface area contributed by atoms with E-state index in [1.807, 2.05) is 23.6 Å². The molecular weight excluding hydrogens is 246 g/mol. The number of phenolic OH excluding ortho intramolecular Hbond substituents is 1. The summed E-state index contributed by atoms with van der Waals surface area (Å²) in [5, 5.41) is 9.94. The van der Waals surface area contributed by atoms with Gasteiger partial charge >= 0.3 is 0 Å². The Morgan fingerprint density at radius 2 is 2.33 bits per heavy atom. The molecule has 18 heavy (non-hydrogen) atoms. The number of carbonyl (C=O) groups excluding carboxylic acids is 1. The maximum atomic E-state index is 12.4. The number of benzene rings is 1. The highest BCUT2D eigenvalue weighted by Crippen LogP contribution is 2.24. The minimum Gasteiger partial charge on any atom is -0.508 e. The lowest BCUT2D eigenvalue weighted by atomic mass is 10.1. The molecule has 2 rings (SSSR count). The third kappa shape index (κ3) is 2.80. The summed E-state index contributed by atoms with van der Waals surface area (Å²) in [5.41, 5.74) is 1.54. The number of aryl methyl sites for hydroxylation is 1. The number of aromatic hydroxyl groups is 1. The van der Waals surface area contributed by atoms with E-state index in [-0.39, 0.29) is 11.7 Å². The van der Waals surface area contributed by atoms with Gasteiger partial charge < -0.3 is 10.0 Å². The number of amides is 1. The molecule has 1 N–H and O–H groups in total. The van der Waals surface area contributed by atoms with Gasteiger partial charge in [-0.3, -0.25) is 4.79 Å². The van der Waals surface area contributed by atoms with Crippen LogP contribution in [-0.2, 0) is 0 Å². The highest BCUT2D eigenvalue weighted by atomic mass is 32.2. The van der Waals surface area contributed by atoms with Crippen molar-refractivity contribution >= 4 is 17.7 Å². The van der Waals surface area contributed by atoms with E-state index in [0.29, 0.717) is 10.8 Å². The number of hydrogen-bond donors (Lipinski definition) is 1. The van der Waals surface area contributed by atoms with E-state index in [0.717, 1.165) is 30.8 Å². The second-order valence-corrected chi connectivity index (χ2v) is 6.06. The molecule has 1 amide bonds.